The van der Waals surface area contributed by atoms with E-state index in [0.717, 1.165) is 75.2 Å². The Morgan fingerprint density at radius 3 is 1.43 bits per heavy atom. The number of benzene rings is 9. The number of para-hydroxylation sites is 2. The summed E-state index contributed by atoms with van der Waals surface area (Å²) >= 11 is 0. The lowest BCUT2D eigenvalue weighted by Gasteiger charge is -2.19. The number of allylic oxidation sites excluding steroid dienone is 1. The Labute approximate surface area is 412 Å². The molecule has 0 saturated carbocycles. The Balaban J connectivity index is 1.16. The molecule has 0 N–H and O–H groups in total. The normalized spacial score (nSPS) is 12.2. The predicted octanol–water partition coefficient (Wildman–Crippen LogP) is 18.8. The van der Waals surface area contributed by atoms with Gasteiger partial charge in [-0.15, -0.1) is 0 Å². The fourth-order valence-electron chi connectivity index (χ4n) is 11.0. The van der Waals surface area contributed by atoms with Gasteiger partial charge in [0, 0.05) is 49.0 Å². The molecule has 0 radical (unpaired) electrons. The Morgan fingerprint density at radius 1 is 0.400 bits per heavy atom. The van der Waals surface area contributed by atoms with Gasteiger partial charge in [-0.25, -0.2) is 0 Å². The summed E-state index contributed by atoms with van der Waals surface area (Å²) in [6.07, 6.45) is 18.3. The van der Waals surface area contributed by atoms with E-state index < -0.39 is 0 Å². The van der Waals surface area contributed by atoms with E-state index in [1.54, 1.807) is 0 Å². The van der Waals surface area contributed by atoms with Crippen molar-refractivity contribution in [2.75, 3.05) is 13.2 Å². The number of fused-ring (bicyclic) bond motifs is 11. The van der Waals surface area contributed by atoms with Gasteiger partial charge in [0.25, 0.3) is 0 Å². The number of ether oxygens (including phenoxy) is 2. The Kier molecular flexibility index (Phi) is 12.7. The van der Waals surface area contributed by atoms with Crippen molar-refractivity contribution < 1.29 is 9.47 Å². The van der Waals surface area contributed by atoms with Crippen LogP contribution in [0.25, 0.3) is 106 Å². The zero-order valence-corrected chi connectivity index (χ0v) is 41.1. The average molecular weight is 915 g/mol. The maximum absolute atomic E-state index is 6.94. The van der Waals surface area contributed by atoms with E-state index in [4.69, 9.17) is 9.47 Å². The quantitative estimate of drug-likeness (QED) is 0.0672. The highest BCUT2D eigenvalue weighted by molar-refractivity contribution is 6.23. The van der Waals surface area contributed by atoms with Crippen LogP contribution in [0.15, 0.2) is 164 Å². The number of hydrogen-bond donors (Lipinski definition) is 0. The summed E-state index contributed by atoms with van der Waals surface area (Å²) in [5, 5.41) is 12.2. The van der Waals surface area contributed by atoms with Crippen molar-refractivity contribution in [3.8, 4) is 22.9 Å². The van der Waals surface area contributed by atoms with E-state index in [9.17, 15) is 0 Å². The first-order chi connectivity index (χ1) is 34.6. The minimum Gasteiger partial charge on any atom is -0.493 e. The van der Waals surface area contributed by atoms with Crippen LogP contribution in [0.2, 0.25) is 0 Å². The molecule has 11 aromatic rings. The molecule has 0 unspecified atom stereocenters. The predicted molar refractivity (Wildman–Crippen MR) is 302 cm³/mol. The third-order valence-corrected chi connectivity index (χ3v) is 14.4. The Morgan fingerprint density at radius 2 is 0.871 bits per heavy atom. The number of aromatic nitrogens is 2. The molecule has 348 valence electrons. The third kappa shape index (κ3) is 8.09. The van der Waals surface area contributed by atoms with E-state index >= 15 is 0 Å². The largest absolute Gasteiger partial charge is 0.493 e. The smallest absolute Gasteiger partial charge is 0.134 e. The van der Waals surface area contributed by atoms with Gasteiger partial charge in [-0.05, 0) is 96.3 Å². The van der Waals surface area contributed by atoms with E-state index in [-0.39, 0.29) is 0 Å². The summed E-state index contributed by atoms with van der Waals surface area (Å²) in [6, 6.07) is 58.3. The van der Waals surface area contributed by atoms with Crippen LogP contribution in [0.1, 0.15) is 94.4 Å². The molecule has 0 fully saturated rings. The van der Waals surface area contributed by atoms with Gasteiger partial charge in [-0.3, -0.25) is 0 Å². The van der Waals surface area contributed by atoms with Crippen molar-refractivity contribution >= 4 is 94.2 Å². The molecule has 0 aliphatic heterocycles. The molecule has 0 spiro atoms. The van der Waals surface area contributed by atoms with Crippen LogP contribution in [-0.4, -0.2) is 22.3 Å². The van der Waals surface area contributed by atoms with Crippen LogP contribution in [-0.2, 0) is 0 Å². The van der Waals surface area contributed by atoms with Crippen molar-refractivity contribution in [2.45, 2.75) is 79.1 Å². The van der Waals surface area contributed by atoms with Crippen LogP contribution in [0.4, 0.5) is 0 Å². The summed E-state index contributed by atoms with van der Waals surface area (Å²) in [6.45, 7) is 10.2. The maximum Gasteiger partial charge on any atom is 0.134 e. The molecular formula is C66H62N2O2. The summed E-state index contributed by atoms with van der Waals surface area (Å²) in [5.41, 5.74) is 11.4. The Bertz CT molecular complexity index is 3790. The lowest BCUT2D eigenvalue weighted by molar-refractivity contribution is 0.304. The standard InChI is InChI=1S/C66H62N2O2/c1-5-8-10-20-41-69-65-45(4)31-37-54-53(65)38-34-48(66(54)70-42-21-11-9-6-2)32-33-50-44-61(67-57-29-18-16-27-55(57)63-51-25-14-12-23-46(51)35-39-59(63)67)49(22-7-3)43-62(50)68-58-30-19-17-28-56(58)64-52-26-15-13-24-47(52)36-40-60(64)68/h7,12-19,22-40,43-44H,5-6,8-11,20-21,41-42H2,1-4H3/b22-7+,33-32+. The van der Waals surface area contributed by atoms with Gasteiger partial charge in [-0.1, -0.05) is 192 Å². The molecule has 0 aliphatic rings. The van der Waals surface area contributed by atoms with E-state index in [2.05, 4.69) is 219 Å². The van der Waals surface area contributed by atoms with Crippen LogP contribution in [0, 0.1) is 6.92 Å². The highest BCUT2D eigenvalue weighted by Crippen LogP contribution is 2.43. The van der Waals surface area contributed by atoms with Crippen molar-refractivity contribution in [3.05, 3.63) is 186 Å². The van der Waals surface area contributed by atoms with Crippen molar-refractivity contribution in [1.29, 1.82) is 0 Å². The fourth-order valence-corrected chi connectivity index (χ4v) is 11.0. The molecular weight excluding hydrogens is 853 g/mol. The second-order valence-corrected chi connectivity index (χ2v) is 19.0. The summed E-state index contributed by atoms with van der Waals surface area (Å²) in [7, 11) is 0. The molecule has 4 heteroatoms. The summed E-state index contributed by atoms with van der Waals surface area (Å²) in [5.74, 6) is 1.87. The lowest BCUT2D eigenvalue weighted by Crippen LogP contribution is -2.04. The molecule has 0 saturated heterocycles. The van der Waals surface area contributed by atoms with Crippen molar-refractivity contribution in [2.24, 2.45) is 0 Å². The number of nitrogens with zero attached hydrogens (tertiary/aromatic N) is 2. The highest BCUT2D eigenvalue weighted by atomic mass is 16.5. The molecule has 2 heterocycles. The fraction of sp³-hybridized carbons (Fsp3) is 0.212. The van der Waals surface area contributed by atoms with Crippen LogP contribution < -0.4 is 9.47 Å². The molecule has 11 rings (SSSR count). The zero-order valence-electron chi connectivity index (χ0n) is 41.1. The molecule has 2 aromatic heterocycles. The lowest BCUT2D eigenvalue weighted by atomic mass is 9.99. The van der Waals surface area contributed by atoms with Gasteiger partial charge >= 0.3 is 0 Å². The number of rotatable bonds is 17. The molecule has 0 aliphatic carbocycles. The number of aryl methyl sites for hydroxylation is 1. The van der Waals surface area contributed by atoms with Crippen LogP contribution >= 0.6 is 0 Å². The maximum atomic E-state index is 6.94. The SMILES string of the molecule is C/C=C/c1cc(-n2c3ccccc3c3c4ccccc4ccc32)c(/C=C/c2ccc3c(OCCCCCC)c(C)ccc3c2OCCCCCC)cc1-n1c2ccccc2c2c3ccccc3ccc21. The average Bonchev–Trinajstić information content (AvgIpc) is 3.92. The van der Waals surface area contributed by atoms with E-state index in [1.807, 2.05) is 0 Å². The second kappa shape index (κ2) is 19.8. The zero-order chi connectivity index (χ0) is 47.6. The van der Waals surface area contributed by atoms with Gasteiger partial charge in [0.2, 0.25) is 0 Å². The monoisotopic (exact) mass is 914 g/mol. The van der Waals surface area contributed by atoms with Gasteiger partial charge in [0.15, 0.2) is 0 Å². The first-order valence-electron chi connectivity index (χ1n) is 25.7. The van der Waals surface area contributed by atoms with Gasteiger partial charge in [0.1, 0.15) is 11.5 Å². The first-order valence-corrected chi connectivity index (χ1v) is 25.7. The first kappa shape index (κ1) is 44.9. The summed E-state index contributed by atoms with van der Waals surface area (Å²) < 4.78 is 18.5. The molecule has 0 bridgehead atoms. The number of unbranched alkanes of at least 4 members (excludes halogenated alkanes) is 6. The van der Waals surface area contributed by atoms with E-state index in [0.29, 0.717) is 13.2 Å². The molecule has 70 heavy (non-hydrogen) atoms. The minimum atomic E-state index is 0.659. The van der Waals surface area contributed by atoms with Crippen LogP contribution in [0.3, 0.4) is 0 Å². The minimum absolute atomic E-state index is 0.659. The number of hydrogen-bond acceptors (Lipinski definition) is 2. The summed E-state index contributed by atoms with van der Waals surface area (Å²) in [4.78, 5) is 0. The molecule has 0 atom stereocenters. The molecule has 9 aromatic carbocycles. The topological polar surface area (TPSA) is 28.3 Å². The highest BCUT2D eigenvalue weighted by Gasteiger charge is 2.22. The van der Waals surface area contributed by atoms with E-state index in [1.165, 1.54) is 97.3 Å². The van der Waals surface area contributed by atoms with Gasteiger partial charge in [0.05, 0.1) is 46.7 Å². The third-order valence-electron chi connectivity index (χ3n) is 14.4. The van der Waals surface area contributed by atoms with Crippen molar-refractivity contribution in [1.82, 2.24) is 9.13 Å². The second-order valence-electron chi connectivity index (χ2n) is 19.0. The Hall–Kier alpha value is -7.56. The molecule has 4 nitrogen and oxygen atoms in total. The molecule has 0 amide bonds. The van der Waals surface area contributed by atoms with Gasteiger partial charge < -0.3 is 18.6 Å². The van der Waals surface area contributed by atoms with Gasteiger partial charge in [-0.2, -0.15) is 0 Å². The van der Waals surface area contributed by atoms with Crippen LogP contribution in [0.5, 0.6) is 11.5 Å². The van der Waals surface area contributed by atoms with Crippen molar-refractivity contribution in [3.63, 3.8) is 0 Å².